The summed E-state index contributed by atoms with van der Waals surface area (Å²) in [5.74, 6) is -1.46. The molecule has 0 saturated carbocycles. The topological polar surface area (TPSA) is 54.4 Å². The molecule has 92 valence electrons. The highest BCUT2D eigenvalue weighted by Gasteiger charge is 2.14. The molecule has 18 heavy (non-hydrogen) atoms. The third-order valence-corrected chi connectivity index (χ3v) is 3.51. The number of carbonyl (C=O) groups excluding carboxylic acids is 1. The van der Waals surface area contributed by atoms with E-state index in [1.54, 1.807) is 42.6 Å². The summed E-state index contributed by atoms with van der Waals surface area (Å²) in [4.78, 5) is 22.9. The van der Waals surface area contributed by atoms with Crippen molar-refractivity contribution in [3.63, 3.8) is 0 Å². The lowest BCUT2D eigenvalue weighted by Crippen LogP contribution is -2.08. The molecule has 1 unspecified atom stereocenters. The Hall–Kier alpha value is -1.94. The summed E-state index contributed by atoms with van der Waals surface area (Å²) < 4.78 is 0. The van der Waals surface area contributed by atoms with Gasteiger partial charge in [-0.1, -0.05) is 24.3 Å². The molecule has 1 aromatic carbocycles. The lowest BCUT2D eigenvalue weighted by Gasteiger charge is -2.07. The molecule has 4 heteroatoms. The minimum atomic E-state index is -0.869. The molecule has 1 aromatic heterocycles. The molecule has 0 spiro atoms. The van der Waals surface area contributed by atoms with E-state index >= 15 is 0 Å². The molecule has 3 nitrogen and oxygen atoms in total. The number of hydrogen-bond donors (Lipinski definition) is 1. The van der Waals surface area contributed by atoms with Gasteiger partial charge >= 0.3 is 5.97 Å². The summed E-state index contributed by atoms with van der Waals surface area (Å²) in [5, 5.41) is 12.6. The molecule has 0 aliphatic rings. The number of aliphatic carboxylic acids is 1. The number of carboxylic acid groups (broad SMARTS) is 1. The molecule has 0 fully saturated rings. The van der Waals surface area contributed by atoms with Gasteiger partial charge in [0.05, 0.1) is 5.92 Å². The Labute approximate surface area is 109 Å². The molecule has 0 radical (unpaired) electrons. The van der Waals surface area contributed by atoms with Crippen LogP contribution in [0.2, 0.25) is 0 Å². The zero-order chi connectivity index (χ0) is 13.1. The van der Waals surface area contributed by atoms with Gasteiger partial charge in [0.15, 0.2) is 5.78 Å². The number of thiophene rings is 1. The van der Waals surface area contributed by atoms with Crippen LogP contribution in [-0.2, 0) is 4.79 Å². The smallest absolute Gasteiger partial charge is 0.310 e. The first-order valence-corrected chi connectivity index (χ1v) is 6.43. The van der Waals surface area contributed by atoms with Crippen LogP contribution in [0.4, 0.5) is 0 Å². The summed E-state index contributed by atoms with van der Waals surface area (Å²) in [5.41, 5.74) is 1.94. The van der Waals surface area contributed by atoms with Crippen molar-refractivity contribution >= 4 is 23.1 Å². The van der Waals surface area contributed by atoms with Crippen LogP contribution in [-0.4, -0.2) is 16.9 Å². The molecule has 0 aliphatic carbocycles. The number of rotatable bonds is 4. The molecule has 1 atom stereocenters. The molecular formula is C14H12O3S. The van der Waals surface area contributed by atoms with Crippen LogP contribution in [0.5, 0.6) is 0 Å². The number of hydrogen-bond acceptors (Lipinski definition) is 3. The average Bonchev–Trinajstić information content (AvgIpc) is 2.91. The maximum absolute atomic E-state index is 12.0. The number of carboxylic acids is 1. The van der Waals surface area contributed by atoms with Crippen LogP contribution in [0.1, 0.15) is 34.3 Å². The van der Waals surface area contributed by atoms with E-state index in [0.717, 1.165) is 0 Å². The van der Waals surface area contributed by atoms with Crippen molar-refractivity contribution in [2.45, 2.75) is 12.8 Å². The number of benzene rings is 1. The minimum absolute atomic E-state index is 0.0363. The Morgan fingerprint density at radius 3 is 2.28 bits per heavy atom. The van der Waals surface area contributed by atoms with Gasteiger partial charge in [-0.05, 0) is 23.9 Å². The van der Waals surface area contributed by atoms with Crippen LogP contribution in [0.3, 0.4) is 0 Å². The zero-order valence-corrected chi connectivity index (χ0v) is 10.6. The first kappa shape index (κ1) is 12.5. The maximum atomic E-state index is 12.0. The minimum Gasteiger partial charge on any atom is -0.481 e. The predicted octanol–water partition coefficient (Wildman–Crippen LogP) is 3.17. The summed E-state index contributed by atoms with van der Waals surface area (Å²) in [6, 6.07) is 8.51. The van der Waals surface area contributed by atoms with Crippen molar-refractivity contribution in [2.24, 2.45) is 0 Å². The quantitative estimate of drug-likeness (QED) is 0.859. The van der Waals surface area contributed by atoms with E-state index < -0.39 is 11.9 Å². The zero-order valence-electron chi connectivity index (χ0n) is 9.79. The van der Waals surface area contributed by atoms with E-state index in [-0.39, 0.29) is 5.78 Å². The number of ketones is 1. The Morgan fingerprint density at radius 2 is 1.78 bits per heavy atom. The van der Waals surface area contributed by atoms with Crippen molar-refractivity contribution in [1.29, 1.82) is 0 Å². The SMILES string of the molecule is CC(C(=O)O)c1ccc(C(=O)c2ccsc2)cc1. The van der Waals surface area contributed by atoms with E-state index in [1.807, 2.05) is 5.38 Å². The second-order valence-corrected chi connectivity index (χ2v) is 4.80. The fraction of sp³-hybridized carbons (Fsp3) is 0.143. The van der Waals surface area contributed by atoms with Gasteiger partial charge in [-0.2, -0.15) is 11.3 Å². The standard InChI is InChI=1S/C14H12O3S/c1-9(14(16)17)10-2-4-11(5-3-10)13(15)12-6-7-18-8-12/h2-9H,1H3,(H,16,17). The predicted molar refractivity (Wildman–Crippen MR) is 70.2 cm³/mol. The molecule has 0 aliphatic heterocycles. The van der Waals surface area contributed by atoms with Gasteiger partial charge in [0.25, 0.3) is 0 Å². The lowest BCUT2D eigenvalue weighted by molar-refractivity contribution is -0.138. The summed E-state index contributed by atoms with van der Waals surface area (Å²) in [7, 11) is 0. The monoisotopic (exact) mass is 260 g/mol. The van der Waals surface area contributed by atoms with Crippen LogP contribution in [0.25, 0.3) is 0 Å². The molecule has 1 heterocycles. The van der Waals surface area contributed by atoms with Gasteiger partial charge in [-0.25, -0.2) is 0 Å². The second-order valence-electron chi connectivity index (χ2n) is 4.02. The van der Waals surface area contributed by atoms with Gasteiger partial charge in [0.2, 0.25) is 0 Å². The van der Waals surface area contributed by atoms with Crippen molar-refractivity contribution in [2.75, 3.05) is 0 Å². The summed E-state index contributed by atoms with van der Waals surface area (Å²) in [6.07, 6.45) is 0. The van der Waals surface area contributed by atoms with Crippen LogP contribution < -0.4 is 0 Å². The van der Waals surface area contributed by atoms with E-state index in [9.17, 15) is 9.59 Å². The van der Waals surface area contributed by atoms with Crippen molar-refractivity contribution < 1.29 is 14.7 Å². The van der Waals surface area contributed by atoms with Gasteiger partial charge in [0, 0.05) is 16.5 Å². The van der Waals surface area contributed by atoms with Crippen LogP contribution >= 0.6 is 11.3 Å². The molecule has 0 saturated heterocycles. The summed E-state index contributed by atoms with van der Waals surface area (Å²) >= 11 is 1.48. The molecule has 0 amide bonds. The highest BCUT2D eigenvalue weighted by Crippen LogP contribution is 2.18. The number of carbonyl (C=O) groups is 2. The normalized spacial score (nSPS) is 12.1. The first-order chi connectivity index (χ1) is 8.59. The molecule has 2 aromatic rings. The lowest BCUT2D eigenvalue weighted by atomic mass is 9.98. The Kier molecular flexibility index (Phi) is 3.58. The average molecular weight is 260 g/mol. The molecule has 1 N–H and O–H groups in total. The molecule has 0 bridgehead atoms. The van der Waals surface area contributed by atoms with Crippen molar-refractivity contribution in [3.05, 3.63) is 57.8 Å². The summed E-state index contributed by atoms with van der Waals surface area (Å²) in [6.45, 7) is 1.62. The van der Waals surface area contributed by atoms with E-state index in [0.29, 0.717) is 16.7 Å². The Morgan fingerprint density at radius 1 is 1.11 bits per heavy atom. The van der Waals surface area contributed by atoms with Gasteiger partial charge in [-0.3, -0.25) is 9.59 Å². The van der Waals surface area contributed by atoms with Gasteiger partial charge in [0.1, 0.15) is 0 Å². The van der Waals surface area contributed by atoms with E-state index in [1.165, 1.54) is 11.3 Å². The highest BCUT2D eigenvalue weighted by molar-refractivity contribution is 7.08. The fourth-order valence-electron chi connectivity index (χ4n) is 1.63. The fourth-order valence-corrected chi connectivity index (χ4v) is 2.26. The van der Waals surface area contributed by atoms with Crippen LogP contribution in [0, 0.1) is 0 Å². The van der Waals surface area contributed by atoms with E-state index in [4.69, 9.17) is 5.11 Å². The first-order valence-electron chi connectivity index (χ1n) is 5.49. The largest absolute Gasteiger partial charge is 0.481 e. The third-order valence-electron chi connectivity index (χ3n) is 2.83. The Balaban J connectivity index is 2.23. The molecular weight excluding hydrogens is 248 g/mol. The third kappa shape index (κ3) is 2.49. The Bertz CT molecular complexity index is 555. The van der Waals surface area contributed by atoms with Crippen molar-refractivity contribution in [1.82, 2.24) is 0 Å². The second kappa shape index (κ2) is 5.14. The van der Waals surface area contributed by atoms with Gasteiger partial charge < -0.3 is 5.11 Å². The maximum Gasteiger partial charge on any atom is 0.310 e. The van der Waals surface area contributed by atoms with Gasteiger partial charge in [-0.15, -0.1) is 0 Å². The van der Waals surface area contributed by atoms with Crippen molar-refractivity contribution in [3.8, 4) is 0 Å². The van der Waals surface area contributed by atoms with E-state index in [2.05, 4.69) is 0 Å². The van der Waals surface area contributed by atoms with Crippen LogP contribution in [0.15, 0.2) is 41.1 Å². The highest BCUT2D eigenvalue weighted by atomic mass is 32.1. The molecule has 2 rings (SSSR count).